The third-order valence-electron chi connectivity index (χ3n) is 2.97. The number of ketones is 1. The van der Waals surface area contributed by atoms with Gasteiger partial charge in [0, 0.05) is 5.56 Å². The third kappa shape index (κ3) is 2.70. The lowest BCUT2D eigenvalue weighted by molar-refractivity contribution is -0.116. The van der Waals surface area contributed by atoms with Gasteiger partial charge in [-0.05, 0) is 37.0 Å². The molecule has 1 aromatic rings. The maximum atomic E-state index is 11.9. The molecule has 0 heterocycles. The van der Waals surface area contributed by atoms with Crippen LogP contribution in [0.3, 0.4) is 0 Å². The van der Waals surface area contributed by atoms with E-state index in [1.807, 2.05) is 30.3 Å². The highest BCUT2D eigenvalue weighted by atomic mass is 35.5. The number of alkyl halides is 1. The molecule has 0 bridgehead atoms. The number of allylic oxidation sites excluding steroid dienone is 1. The monoisotopic (exact) mass is 250 g/mol. The molecule has 2 nitrogen and oxygen atoms in total. The van der Waals surface area contributed by atoms with Crippen LogP contribution in [0.5, 0.6) is 5.75 Å². The second kappa shape index (κ2) is 5.37. The molecule has 0 spiro atoms. The Kier molecular flexibility index (Phi) is 3.85. The van der Waals surface area contributed by atoms with E-state index in [0.717, 1.165) is 36.1 Å². The minimum absolute atomic E-state index is 0.0591. The molecule has 3 heteroatoms. The number of rotatable bonds is 2. The van der Waals surface area contributed by atoms with Crippen molar-refractivity contribution >= 4 is 23.5 Å². The molecular weight excluding hydrogens is 236 g/mol. The van der Waals surface area contributed by atoms with E-state index in [1.54, 1.807) is 7.11 Å². The smallest absolute Gasteiger partial charge is 0.176 e. The summed E-state index contributed by atoms with van der Waals surface area (Å²) >= 11 is 5.98. The highest BCUT2D eigenvalue weighted by Gasteiger charge is 2.24. The lowest BCUT2D eigenvalue weighted by atomic mass is 9.91. The average Bonchev–Trinajstić information content (AvgIpc) is 2.35. The number of halogens is 1. The maximum Gasteiger partial charge on any atom is 0.176 e. The molecule has 0 amide bonds. The van der Waals surface area contributed by atoms with E-state index in [1.165, 1.54) is 0 Å². The number of para-hydroxylation sites is 1. The first-order valence-electron chi connectivity index (χ1n) is 5.74. The minimum Gasteiger partial charge on any atom is -0.496 e. The van der Waals surface area contributed by atoms with Gasteiger partial charge >= 0.3 is 0 Å². The molecule has 0 aromatic heterocycles. The van der Waals surface area contributed by atoms with Crippen molar-refractivity contribution in [3.8, 4) is 5.75 Å². The van der Waals surface area contributed by atoms with Crippen LogP contribution in [0.25, 0.3) is 6.08 Å². The van der Waals surface area contributed by atoms with Gasteiger partial charge < -0.3 is 4.74 Å². The van der Waals surface area contributed by atoms with Crippen LogP contribution in [0.2, 0.25) is 0 Å². The average molecular weight is 251 g/mol. The van der Waals surface area contributed by atoms with Crippen molar-refractivity contribution < 1.29 is 9.53 Å². The van der Waals surface area contributed by atoms with Crippen LogP contribution in [0.15, 0.2) is 29.8 Å². The predicted octanol–water partition coefficient (Wildman–Crippen LogP) is 3.44. The molecule has 0 aliphatic heterocycles. The molecule has 2 rings (SSSR count). The number of ether oxygens (including phenoxy) is 1. The van der Waals surface area contributed by atoms with Crippen LogP contribution in [0.4, 0.5) is 0 Å². The van der Waals surface area contributed by atoms with Crippen molar-refractivity contribution in [2.24, 2.45) is 0 Å². The highest BCUT2D eigenvalue weighted by molar-refractivity contribution is 6.34. The molecule has 1 aliphatic carbocycles. The zero-order valence-corrected chi connectivity index (χ0v) is 10.5. The van der Waals surface area contributed by atoms with Crippen LogP contribution in [-0.4, -0.2) is 18.3 Å². The Morgan fingerprint density at radius 3 is 2.94 bits per heavy atom. The molecule has 1 aromatic carbocycles. The van der Waals surface area contributed by atoms with Crippen molar-refractivity contribution in [2.45, 2.75) is 24.6 Å². The van der Waals surface area contributed by atoms with E-state index in [0.29, 0.717) is 0 Å². The van der Waals surface area contributed by atoms with Gasteiger partial charge in [-0.25, -0.2) is 0 Å². The van der Waals surface area contributed by atoms with Gasteiger partial charge in [0.2, 0.25) is 0 Å². The summed E-state index contributed by atoms with van der Waals surface area (Å²) in [5.41, 5.74) is 1.74. The van der Waals surface area contributed by atoms with E-state index in [4.69, 9.17) is 16.3 Å². The Bertz CT molecular complexity index is 451. The van der Waals surface area contributed by atoms with Gasteiger partial charge in [0.15, 0.2) is 5.78 Å². The molecule has 1 saturated carbocycles. The number of carbonyl (C=O) groups is 1. The number of hydrogen-bond donors (Lipinski definition) is 0. The predicted molar refractivity (Wildman–Crippen MR) is 69.5 cm³/mol. The van der Waals surface area contributed by atoms with E-state index < -0.39 is 0 Å². The fourth-order valence-electron chi connectivity index (χ4n) is 2.04. The van der Waals surface area contributed by atoms with E-state index in [9.17, 15) is 4.79 Å². The van der Waals surface area contributed by atoms with Gasteiger partial charge in [-0.3, -0.25) is 4.79 Å². The lowest BCUT2D eigenvalue weighted by Crippen LogP contribution is -2.21. The van der Waals surface area contributed by atoms with Crippen molar-refractivity contribution in [3.05, 3.63) is 35.4 Å². The maximum absolute atomic E-state index is 11.9. The summed E-state index contributed by atoms with van der Waals surface area (Å²) in [7, 11) is 1.63. The normalized spacial score (nSPS) is 22.8. The van der Waals surface area contributed by atoms with Gasteiger partial charge in [0.1, 0.15) is 5.75 Å². The second-order valence-electron chi connectivity index (χ2n) is 4.14. The molecule has 0 radical (unpaired) electrons. The SMILES string of the molecule is COc1ccccc1C=C1CCCC(Cl)C1=O. The quantitative estimate of drug-likeness (QED) is 0.594. The van der Waals surface area contributed by atoms with Crippen molar-refractivity contribution in [1.29, 1.82) is 0 Å². The van der Waals surface area contributed by atoms with E-state index in [2.05, 4.69) is 0 Å². The Hall–Kier alpha value is -1.28. The minimum atomic E-state index is -0.357. The second-order valence-corrected chi connectivity index (χ2v) is 4.66. The van der Waals surface area contributed by atoms with Gasteiger partial charge in [-0.15, -0.1) is 11.6 Å². The molecule has 0 N–H and O–H groups in total. The van der Waals surface area contributed by atoms with Crippen LogP contribution in [0, 0.1) is 0 Å². The Labute approximate surface area is 106 Å². The zero-order valence-electron chi connectivity index (χ0n) is 9.78. The number of benzene rings is 1. The Morgan fingerprint density at radius 2 is 2.18 bits per heavy atom. The lowest BCUT2D eigenvalue weighted by Gasteiger charge is -2.17. The molecule has 1 fully saturated rings. The number of Topliss-reactive ketones (excluding diaryl/α,β-unsaturated/α-hetero) is 1. The standard InChI is InChI=1S/C14H15ClO2/c1-17-13-8-3-2-5-10(13)9-11-6-4-7-12(15)14(11)16/h2-3,5,8-9,12H,4,6-7H2,1H3. The molecule has 17 heavy (non-hydrogen) atoms. The number of hydrogen-bond acceptors (Lipinski definition) is 2. The zero-order chi connectivity index (χ0) is 12.3. The summed E-state index contributed by atoms with van der Waals surface area (Å²) in [4.78, 5) is 11.9. The van der Waals surface area contributed by atoms with Gasteiger partial charge in [-0.1, -0.05) is 18.2 Å². The highest BCUT2D eigenvalue weighted by Crippen LogP contribution is 2.28. The molecule has 0 saturated heterocycles. The Morgan fingerprint density at radius 1 is 1.41 bits per heavy atom. The summed E-state index contributed by atoms with van der Waals surface area (Å²) in [6, 6.07) is 7.67. The summed E-state index contributed by atoms with van der Waals surface area (Å²) in [5, 5.41) is -0.357. The van der Waals surface area contributed by atoms with Crippen molar-refractivity contribution in [1.82, 2.24) is 0 Å². The summed E-state index contributed by atoms with van der Waals surface area (Å²) in [6.07, 6.45) is 4.46. The van der Waals surface area contributed by atoms with Crippen LogP contribution < -0.4 is 4.74 Å². The topological polar surface area (TPSA) is 26.3 Å². The molecule has 1 unspecified atom stereocenters. The first-order valence-corrected chi connectivity index (χ1v) is 6.18. The van der Waals surface area contributed by atoms with E-state index >= 15 is 0 Å². The first kappa shape index (κ1) is 12.2. The van der Waals surface area contributed by atoms with Crippen molar-refractivity contribution in [3.63, 3.8) is 0 Å². The molecule has 1 atom stereocenters. The fourth-order valence-corrected chi connectivity index (χ4v) is 2.34. The van der Waals surface area contributed by atoms with Crippen LogP contribution >= 0.6 is 11.6 Å². The van der Waals surface area contributed by atoms with Crippen LogP contribution in [-0.2, 0) is 4.79 Å². The molecule has 90 valence electrons. The summed E-state index contributed by atoms with van der Waals surface area (Å²) in [6.45, 7) is 0. The van der Waals surface area contributed by atoms with Gasteiger partial charge in [-0.2, -0.15) is 0 Å². The molecular formula is C14H15ClO2. The number of carbonyl (C=O) groups excluding carboxylic acids is 1. The summed E-state index contributed by atoms with van der Waals surface area (Å²) < 4.78 is 5.26. The first-order chi connectivity index (χ1) is 8.22. The van der Waals surface area contributed by atoms with Gasteiger partial charge in [0.25, 0.3) is 0 Å². The Balaban J connectivity index is 2.31. The van der Waals surface area contributed by atoms with Crippen molar-refractivity contribution in [2.75, 3.05) is 7.11 Å². The molecule has 1 aliphatic rings. The van der Waals surface area contributed by atoms with E-state index in [-0.39, 0.29) is 11.2 Å². The largest absolute Gasteiger partial charge is 0.496 e. The van der Waals surface area contributed by atoms with Crippen LogP contribution in [0.1, 0.15) is 24.8 Å². The number of methoxy groups -OCH3 is 1. The van der Waals surface area contributed by atoms with Gasteiger partial charge in [0.05, 0.1) is 12.5 Å². The summed E-state index contributed by atoms with van der Waals surface area (Å²) in [5.74, 6) is 0.841. The fraction of sp³-hybridized carbons (Fsp3) is 0.357. The third-order valence-corrected chi connectivity index (χ3v) is 3.39.